The Bertz CT molecular complexity index is 526. The van der Waals surface area contributed by atoms with Crippen LogP contribution in [0.15, 0.2) is 12.3 Å². The monoisotopic (exact) mass is 319 g/mol. The SMILES string of the molecule is Cc1[nH]ccc1C(=O)NC1CCN(CC2(O)CCCCC2)CC1. The number of aromatic amines is 1. The average molecular weight is 319 g/mol. The molecule has 1 amide bonds. The molecule has 5 nitrogen and oxygen atoms in total. The maximum absolute atomic E-state index is 12.3. The Hall–Kier alpha value is -1.33. The van der Waals surface area contributed by atoms with Crippen molar-refractivity contribution in [3.63, 3.8) is 0 Å². The number of aromatic nitrogens is 1. The number of likely N-dealkylation sites (tertiary alicyclic amines) is 1. The normalized spacial score (nSPS) is 22.9. The summed E-state index contributed by atoms with van der Waals surface area (Å²) in [4.78, 5) is 17.7. The van der Waals surface area contributed by atoms with Crippen molar-refractivity contribution >= 4 is 5.91 Å². The Morgan fingerprint density at radius 1 is 1.35 bits per heavy atom. The van der Waals surface area contributed by atoms with Crippen LogP contribution in [0.4, 0.5) is 0 Å². The summed E-state index contributed by atoms with van der Waals surface area (Å²) >= 11 is 0. The third-order valence-corrected chi connectivity index (χ3v) is 5.42. The van der Waals surface area contributed by atoms with E-state index in [4.69, 9.17) is 0 Å². The second-order valence-electron chi connectivity index (χ2n) is 7.33. The van der Waals surface area contributed by atoms with Crippen LogP contribution in [-0.2, 0) is 0 Å². The summed E-state index contributed by atoms with van der Waals surface area (Å²) in [5.74, 6) is 0.0214. The van der Waals surface area contributed by atoms with E-state index in [0.717, 1.165) is 69.4 Å². The Morgan fingerprint density at radius 2 is 2.04 bits per heavy atom. The van der Waals surface area contributed by atoms with E-state index < -0.39 is 5.60 Å². The first-order chi connectivity index (χ1) is 11.1. The summed E-state index contributed by atoms with van der Waals surface area (Å²) in [7, 11) is 0. The highest BCUT2D eigenvalue weighted by Crippen LogP contribution is 2.29. The summed E-state index contributed by atoms with van der Waals surface area (Å²) in [5.41, 5.74) is 1.18. The van der Waals surface area contributed by atoms with E-state index in [9.17, 15) is 9.90 Å². The highest BCUT2D eigenvalue weighted by Gasteiger charge is 2.32. The Morgan fingerprint density at radius 3 is 2.65 bits per heavy atom. The molecule has 2 fully saturated rings. The molecule has 3 rings (SSSR count). The number of H-pyrrole nitrogens is 1. The van der Waals surface area contributed by atoms with Crippen LogP contribution in [0.3, 0.4) is 0 Å². The number of piperidine rings is 1. The smallest absolute Gasteiger partial charge is 0.253 e. The fourth-order valence-corrected chi connectivity index (χ4v) is 3.98. The molecular formula is C18H29N3O2. The van der Waals surface area contributed by atoms with Gasteiger partial charge in [-0.3, -0.25) is 4.79 Å². The lowest BCUT2D eigenvalue weighted by Crippen LogP contribution is -2.50. The largest absolute Gasteiger partial charge is 0.389 e. The number of carbonyl (C=O) groups excluding carboxylic acids is 1. The molecule has 0 radical (unpaired) electrons. The van der Waals surface area contributed by atoms with Gasteiger partial charge in [0.1, 0.15) is 0 Å². The summed E-state index contributed by atoms with van der Waals surface area (Å²) in [6.07, 6.45) is 9.17. The molecule has 0 atom stereocenters. The van der Waals surface area contributed by atoms with Crippen molar-refractivity contribution in [1.29, 1.82) is 0 Å². The molecule has 5 heteroatoms. The first-order valence-corrected chi connectivity index (χ1v) is 8.95. The van der Waals surface area contributed by atoms with Crippen molar-refractivity contribution in [3.8, 4) is 0 Å². The van der Waals surface area contributed by atoms with Crippen molar-refractivity contribution in [2.24, 2.45) is 0 Å². The van der Waals surface area contributed by atoms with Crippen LogP contribution >= 0.6 is 0 Å². The predicted molar refractivity (Wildman–Crippen MR) is 90.5 cm³/mol. The number of hydrogen-bond acceptors (Lipinski definition) is 3. The predicted octanol–water partition coefficient (Wildman–Crippen LogP) is 2.21. The topological polar surface area (TPSA) is 68.4 Å². The molecule has 0 bridgehead atoms. The number of nitrogens with one attached hydrogen (secondary N) is 2. The van der Waals surface area contributed by atoms with Crippen LogP contribution < -0.4 is 5.32 Å². The Balaban J connectivity index is 1.45. The fraction of sp³-hybridized carbons (Fsp3) is 0.722. The number of rotatable bonds is 4. The van der Waals surface area contributed by atoms with E-state index in [2.05, 4.69) is 15.2 Å². The summed E-state index contributed by atoms with van der Waals surface area (Å²) in [5, 5.41) is 13.8. The van der Waals surface area contributed by atoms with Gasteiger partial charge in [-0.05, 0) is 38.7 Å². The number of nitrogens with zero attached hydrogens (tertiary/aromatic N) is 1. The Kier molecular flexibility index (Phi) is 5.07. The molecular weight excluding hydrogens is 290 g/mol. The molecule has 2 aliphatic rings. The first-order valence-electron chi connectivity index (χ1n) is 8.95. The number of carbonyl (C=O) groups is 1. The quantitative estimate of drug-likeness (QED) is 0.797. The average Bonchev–Trinajstić information content (AvgIpc) is 2.96. The number of amides is 1. The lowest BCUT2D eigenvalue weighted by Gasteiger charge is -2.40. The zero-order chi connectivity index (χ0) is 16.3. The van der Waals surface area contributed by atoms with Gasteiger partial charge in [0.05, 0.1) is 11.2 Å². The van der Waals surface area contributed by atoms with Gasteiger partial charge in [0, 0.05) is 37.6 Å². The van der Waals surface area contributed by atoms with Gasteiger partial charge in [-0.15, -0.1) is 0 Å². The van der Waals surface area contributed by atoms with Crippen molar-refractivity contribution in [1.82, 2.24) is 15.2 Å². The molecule has 2 heterocycles. The van der Waals surface area contributed by atoms with Gasteiger partial charge in [-0.2, -0.15) is 0 Å². The lowest BCUT2D eigenvalue weighted by molar-refractivity contribution is -0.0312. The molecule has 0 aromatic carbocycles. The zero-order valence-electron chi connectivity index (χ0n) is 14.1. The van der Waals surface area contributed by atoms with Crippen LogP contribution in [-0.4, -0.2) is 52.2 Å². The molecule has 3 N–H and O–H groups in total. The number of β-amino-alcohol motifs (C(OH)–C–C–N with tert-alkyl or cyclic N) is 1. The molecule has 1 saturated heterocycles. The summed E-state index contributed by atoms with van der Waals surface area (Å²) < 4.78 is 0. The van der Waals surface area contributed by atoms with Gasteiger partial charge in [-0.25, -0.2) is 0 Å². The van der Waals surface area contributed by atoms with Crippen LogP contribution in [0.1, 0.15) is 61.0 Å². The summed E-state index contributed by atoms with van der Waals surface area (Å²) in [6.45, 7) is 4.63. The third kappa shape index (κ3) is 4.15. The minimum atomic E-state index is -0.476. The first kappa shape index (κ1) is 16.5. The highest BCUT2D eigenvalue weighted by atomic mass is 16.3. The van der Waals surface area contributed by atoms with Crippen molar-refractivity contribution < 1.29 is 9.90 Å². The zero-order valence-corrected chi connectivity index (χ0v) is 14.1. The number of aryl methyl sites for hydroxylation is 1. The van der Waals surface area contributed by atoms with Crippen LogP contribution in [0.25, 0.3) is 0 Å². The standard InChI is InChI=1S/C18H29N3O2/c1-14-16(5-10-19-14)17(22)20-15-6-11-21(12-7-15)13-18(23)8-3-2-4-9-18/h5,10,15,19,23H,2-4,6-9,11-13H2,1H3,(H,20,22). The van der Waals surface area contributed by atoms with Crippen molar-refractivity contribution in [2.75, 3.05) is 19.6 Å². The maximum atomic E-state index is 12.3. The van der Waals surface area contributed by atoms with Crippen LogP contribution in [0, 0.1) is 6.92 Å². The molecule has 1 saturated carbocycles. The van der Waals surface area contributed by atoms with Crippen LogP contribution in [0.5, 0.6) is 0 Å². The number of hydrogen-bond donors (Lipinski definition) is 3. The van der Waals surface area contributed by atoms with Gasteiger partial charge in [0.2, 0.25) is 0 Å². The fourth-order valence-electron chi connectivity index (χ4n) is 3.98. The Labute approximate surface area is 138 Å². The highest BCUT2D eigenvalue weighted by molar-refractivity contribution is 5.95. The second kappa shape index (κ2) is 7.05. The van der Waals surface area contributed by atoms with Gasteiger partial charge in [0.25, 0.3) is 5.91 Å². The molecule has 1 aliphatic carbocycles. The van der Waals surface area contributed by atoms with E-state index >= 15 is 0 Å². The molecule has 23 heavy (non-hydrogen) atoms. The molecule has 1 aliphatic heterocycles. The van der Waals surface area contributed by atoms with Gasteiger partial charge in [-0.1, -0.05) is 19.3 Å². The second-order valence-corrected chi connectivity index (χ2v) is 7.33. The minimum Gasteiger partial charge on any atom is -0.389 e. The van der Waals surface area contributed by atoms with Gasteiger partial charge < -0.3 is 20.3 Å². The third-order valence-electron chi connectivity index (χ3n) is 5.42. The minimum absolute atomic E-state index is 0.0214. The van der Waals surface area contributed by atoms with Crippen molar-refractivity contribution in [2.45, 2.75) is 63.5 Å². The summed E-state index contributed by atoms with van der Waals surface area (Å²) in [6, 6.07) is 2.08. The van der Waals surface area contributed by atoms with E-state index in [-0.39, 0.29) is 11.9 Å². The van der Waals surface area contributed by atoms with E-state index in [0.29, 0.717) is 0 Å². The lowest BCUT2D eigenvalue weighted by atomic mass is 9.84. The van der Waals surface area contributed by atoms with E-state index in [1.165, 1.54) is 6.42 Å². The van der Waals surface area contributed by atoms with Gasteiger partial charge >= 0.3 is 0 Å². The molecule has 1 aromatic heterocycles. The van der Waals surface area contributed by atoms with E-state index in [1.807, 2.05) is 13.0 Å². The molecule has 128 valence electrons. The molecule has 1 aromatic rings. The molecule has 0 unspecified atom stereocenters. The van der Waals surface area contributed by atoms with Crippen LogP contribution in [0.2, 0.25) is 0 Å². The van der Waals surface area contributed by atoms with E-state index in [1.54, 1.807) is 6.20 Å². The van der Waals surface area contributed by atoms with Gasteiger partial charge in [0.15, 0.2) is 0 Å². The number of aliphatic hydroxyl groups is 1. The maximum Gasteiger partial charge on any atom is 0.253 e. The van der Waals surface area contributed by atoms with Crippen molar-refractivity contribution in [3.05, 3.63) is 23.5 Å². The molecule has 0 spiro atoms.